The van der Waals surface area contributed by atoms with Crippen molar-refractivity contribution in [2.75, 3.05) is 33.6 Å². The van der Waals surface area contributed by atoms with Gasteiger partial charge in [-0.15, -0.1) is 10.2 Å². The number of hydrazone groups is 1. The lowest BCUT2D eigenvalue weighted by atomic mass is 10.1. The van der Waals surface area contributed by atoms with Crippen molar-refractivity contribution in [3.8, 4) is 5.75 Å². The third-order valence-corrected chi connectivity index (χ3v) is 3.56. The largest absolute Gasteiger partial charge is 0.494 e. The average Bonchev–Trinajstić information content (AvgIpc) is 2.65. The minimum atomic E-state index is -0.403. The monoisotopic (exact) mass is 389 g/mol. The molecule has 1 heterocycles. The van der Waals surface area contributed by atoms with Gasteiger partial charge in [0.15, 0.2) is 22.4 Å². The molecule has 9 nitrogen and oxygen atoms in total. The third-order valence-electron chi connectivity index (χ3n) is 3.38. The Morgan fingerprint density at radius 2 is 2.04 bits per heavy atom. The summed E-state index contributed by atoms with van der Waals surface area (Å²) in [6, 6.07) is 6.89. The zero-order valence-electron chi connectivity index (χ0n) is 15.4. The Bertz CT molecular complexity index is 884. The van der Waals surface area contributed by atoms with Gasteiger partial charge < -0.3 is 20.4 Å². The van der Waals surface area contributed by atoms with Gasteiger partial charge in [-0.2, -0.15) is 5.10 Å². The molecule has 1 aromatic heterocycles. The molecule has 2 N–H and O–H groups in total. The van der Waals surface area contributed by atoms with Crippen molar-refractivity contribution in [1.82, 2.24) is 20.5 Å². The number of amidine groups is 1. The van der Waals surface area contributed by atoms with Gasteiger partial charge in [-0.3, -0.25) is 4.79 Å². The van der Waals surface area contributed by atoms with Gasteiger partial charge >= 0.3 is 0 Å². The molecule has 2 aromatic rings. The number of anilines is 2. The van der Waals surface area contributed by atoms with Crippen LogP contribution in [-0.4, -0.2) is 61.9 Å². The van der Waals surface area contributed by atoms with Gasteiger partial charge in [-0.05, 0) is 18.9 Å². The number of halogens is 1. The second-order valence-electron chi connectivity index (χ2n) is 5.45. The van der Waals surface area contributed by atoms with Crippen molar-refractivity contribution in [2.45, 2.75) is 0 Å². The van der Waals surface area contributed by atoms with Crippen molar-refractivity contribution in [1.29, 1.82) is 0 Å². The van der Waals surface area contributed by atoms with Gasteiger partial charge in [0.25, 0.3) is 5.91 Å². The summed E-state index contributed by atoms with van der Waals surface area (Å²) >= 11 is 5.94. The Balaban J connectivity index is 2.56. The first kappa shape index (κ1) is 20.1. The number of aromatic nitrogens is 2. The first-order valence-electron chi connectivity index (χ1n) is 7.83. The number of methoxy groups -OCH3 is 1. The number of nitrogens with zero attached hydrogens (tertiary/aromatic N) is 5. The van der Waals surface area contributed by atoms with Crippen LogP contribution in [0.15, 0.2) is 34.4 Å². The Morgan fingerprint density at radius 3 is 2.63 bits per heavy atom. The van der Waals surface area contributed by atoms with Crippen LogP contribution in [0.25, 0.3) is 0 Å². The van der Waals surface area contributed by atoms with E-state index >= 15 is 0 Å². The molecule has 0 saturated heterocycles. The Morgan fingerprint density at radius 1 is 1.30 bits per heavy atom. The number of hydrogen-bond acceptors (Lipinski definition) is 7. The van der Waals surface area contributed by atoms with Crippen molar-refractivity contribution >= 4 is 41.4 Å². The Labute approximate surface area is 162 Å². The van der Waals surface area contributed by atoms with Crippen LogP contribution >= 0.6 is 11.6 Å². The summed E-state index contributed by atoms with van der Waals surface area (Å²) in [5.41, 5.74) is 1.67. The van der Waals surface area contributed by atoms with Gasteiger partial charge in [0.05, 0.1) is 24.0 Å². The molecule has 0 atom stereocenters. The highest BCUT2D eigenvalue weighted by molar-refractivity contribution is 6.29. The summed E-state index contributed by atoms with van der Waals surface area (Å²) < 4.78 is 5.55. The van der Waals surface area contributed by atoms with Gasteiger partial charge in [0, 0.05) is 27.2 Å². The van der Waals surface area contributed by atoms with E-state index in [0.29, 0.717) is 28.5 Å². The highest BCUT2D eigenvalue weighted by Crippen LogP contribution is 2.33. The predicted molar refractivity (Wildman–Crippen MR) is 106 cm³/mol. The third kappa shape index (κ3) is 4.70. The van der Waals surface area contributed by atoms with E-state index in [1.807, 2.05) is 0 Å². The van der Waals surface area contributed by atoms with Gasteiger partial charge in [-0.1, -0.05) is 17.7 Å². The van der Waals surface area contributed by atoms with Crippen LogP contribution in [0.5, 0.6) is 5.75 Å². The van der Waals surface area contributed by atoms with Crippen LogP contribution in [0.2, 0.25) is 5.15 Å². The van der Waals surface area contributed by atoms with Crippen molar-refractivity contribution in [3.63, 3.8) is 0 Å². The van der Waals surface area contributed by atoms with Crippen LogP contribution in [0, 0.1) is 0 Å². The van der Waals surface area contributed by atoms with Crippen LogP contribution < -0.4 is 15.4 Å². The number of hydrogen-bond donors (Lipinski definition) is 2. The fourth-order valence-corrected chi connectivity index (χ4v) is 2.43. The number of ether oxygens (including phenoxy) is 1. The number of amides is 1. The topological polar surface area (TPSA) is 104 Å². The molecular formula is C17H20ClN7O2. The van der Waals surface area contributed by atoms with Crippen LogP contribution in [0.3, 0.4) is 0 Å². The van der Waals surface area contributed by atoms with E-state index < -0.39 is 5.91 Å². The molecule has 0 aliphatic rings. The number of nitrogens with one attached hydrogen (secondary N) is 2. The van der Waals surface area contributed by atoms with Crippen LogP contribution in [-0.2, 0) is 0 Å². The smallest absolute Gasteiger partial charge is 0.273 e. The standard InChI is InChI=1S/C17H20ClN7O2/c1-19-16(24-25(3)4)10-7-6-8-11(15(10)27-5)21-12-9-13(18)22-23-14(12)17(26)20-2/h6-9H,1H2,2-5H3,(H,20,26)(H,21,22)/b24-16-. The molecule has 0 unspecified atom stereocenters. The molecule has 1 aromatic carbocycles. The van der Waals surface area contributed by atoms with E-state index in [2.05, 4.69) is 37.6 Å². The summed E-state index contributed by atoms with van der Waals surface area (Å²) in [7, 11) is 6.58. The number of para-hydroxylation sites is 1. The Kier molecular flexibility index (Phi) is 6.67. The zero-order chi connectivity index (χ0) is 20.0. The average molecular weight is 390 g/mol. The summed E-state index contributed by atoms with van der Waals surface area (Å²) in [4.78, 5) is 16.0. The number of benzene rings is 1. The van der Waals surface area contributed by atoms with Crippen molar-refractivity contribution in [3.05, 3.63) is 40.7 Å². The molecule has 0 aliphatic heterocycles. The fourth-order valence-electron chi connectivity index (χ4n) is 2.29. The molecule has 0 radical (unpaired) electrons. The summed E-state index contributed by atoms with van der Waals surface area (Å²) in [6.45, 7) is 3.57. The molecule has 0 spiro atoms. The number of carbonyl (C=O) groups excluding carboxylic acids is 1. The quantitative estimate of drug-likeness (QED) is 0.445. The SMILES string of the molecule is C=N/C(=N\N(C)C)c1cccc(Nc2cc(Cl)nnc2C(=O)NC)c1OC. The minimum absolute atomic E-state index is 0.0957. The lowest BCUT2D eigenvalue weighted by Gasteiger charge is -2.16. The second kappa shape index (κ2) is 8.95. The summed E-state index contributed by atoms with van der Waals surface area (Å²) in [5.74, 6) is 0.457. The predicted octanol–water partition coefficient (Wildman–Crippen LogP) is 2.17. The van der Waals surface area contributed by atoms with Crippen molar-refractivity contribution < 1.29 is 9.53 Å². The number of aliphatic imine (C=N–C) groups is 1. The zero-order valence-corrected chi connectivity index (χ0v) is 16.2. The van der Waals surface area contributed by atoms with Gasteiger partial charge in [-0.25, -0.2) is 4.99 Å². The molecule has 2 rings (SSSR count). The summed E-state index contributed by atoms with van der Waals surface area (Å²) in [5, 5.41) is 19.3. The first-order chi connectivity index (χ1) is 12.9. The van der Waals surface area contributed by atoms with E-state index in [0.717, 1.165) is 0 Å². The van der Waals surface area contributed by atoms with Crippen LogP contribution in [0.1, 0.15) is 16.1 Å². The molecular weight excluding hydrogens is 370 g/mol. The van der Waals surface area contributed by atoms with Gasteiger partial charge in [0.1, 0.15) is 0 Å². The number of rotatable bonds is 6. The molecule has 27 heavy (non-hydrogen) atoms. The number of carbonyl (C=O) groups is 1. The van der Waals surface area contributed by atoms with E-state index in [1.165, 1.54) is 20.2 Å². The molecule has 0 bridgehead atoms. The van der Waals surface area contributed by atoms with E-state index in [4.69, 9.17) is 16.3 Å². The molecule has 10 heteroatoms. The van der Waals surface area contributed by atoms with E-state index in [1.54, 1.807) is 37.3 Å². The Hall–Kier alpha value is -3.20. The summed E-state index contributed by atoms with van der Waals surface area (Å²) in [6.07, 6.45) is 0. The first-order valence-corrected chi connectivity index (χ1v) is 8.21. The molecule has 0 aliphatic carbocycles. The molecule has 0 fully saturated rings. The lowest BCUT2D eigenvalue weighted by Crippen LogP contribution is -2.21. The maximum Gasteiger partial charge on any atom is 0.273 e. The van der Waals surface area contributed by atoms with Crippen LogP contribution in [0.4, 0.5) is 11.4 Å². The molecule has 1 amide bonds. The van der Waals surface area contributed by atoms with Crippen molar-refractivity contribution in [2.24, 2.45) is 10.1 Å². The maximum absolute atomic E-state index is 12.1. The highest BCUT2D eigenvalue weighted by Gasteiger charge is 2.18. The molecule has 0 saturated carbocycles. The van der Waals surface area contributed by atoms with E-state index in [-0.39, 0.29) is 10.8 Å². The van der Waals surface area contributed by atoms with E-state index in [9.17, 15) is 4.79 Å². The lowest BCUT2D eigenvalue weighted by molar-refractivity contribution is 0.0958. The fraction of sp³-hybridized carbons (Fsp3) is 0.235. The second-order valence-corrected chi connectivity index (χ2v) is 5.84. The molecule has 142 valence electrons. The normalized spacial score (nSPS) is 10.9. The van der Waals surface area contributed by atoms with Gasteiger partial charge in [0.2, 0.25) is 0 Å². The highest BCUT2D eigenvalue weighted by atomic mass is 35.5. The maximum atomic E-state index is 12.1. The minimum Gasteiger partial charge on any atom is -0.494 e.